The first-order valence-corrected chi connectivity index (χ1v) is 6.38. The number of carboxylic acid groups (broad SMARTS) is 1. The summed E-state index contributed by atoms with van der Waals surface area (Å²) in [5.74, 6) is -2.12. The van der Waals surface area contributed by atoms with Crippen LogP contribution in [0.4, 0.5) is 4.39 Å². The second-order valence-corrected chi connectivity index (χ2v) is 4.86. The van der Waals surface area contributed by atoms with Crippen molar-refractivity contribution in [3.63, 3.8) is 0 Å². The molecule has 108 valence electrons. The fourth-order valence-electron chi connectivity index (χ4n) is 2.41. The third-order valence-electron chi connectivity index (χ3n) is 3.54. The molecule has 0 aliphatic heterocycles. The summed E-state index contributed by atoms with van der Waals surface area (Å²) in [5.41, 5.74) is -0.0652. The lowest BCUT2D eigenvalue weighted by Crippen LogP contribution is -2.33. The summed E-state index contributed by atoms with van der Waals surface area (Å²) in [6.45, 7) is 0. The molecule has 1 aliphatic rings. The minimum Gasteiger partial charge on any atom is -0.497 e. The zero-order valence-electron chi connectivity index (χ0n) is 11.1. The number of carbonyl (C=O) groups is 2. The first-order chi connectivity index (χ1) is 9.51. The van der Waals surface area contributed by atoms with Gasteiger partial charge in [-0.15, -0.1) is 0 Å². The van der Waals surface area contributed by atoms with Gasteiger partial charge in [-0.05, 0) is 31.4 Å². The predicted molar refractivity (Wildman–Crippen MR) is 69.2 cm³/mol. The molecule has 0 radical (unpaired) electrons. The van der Waals surface area contributed by atoms with Crippen LogP contribution in [0, 0.1) is 11.7 Å². The number of halogens is 1. The van der Waals surface area contributed by atoms with Crippen LogP contribution in [0.25, 0.3) is 0 Å². The van der Waals surface area contributed by atoms with Gasteiger partial charge in [0.15, 0.2) is 0 Å². The molecule has 1 aromatic rings. The summed E-state index contributed by atoms with van der Waals surface area (Å²) >= 11 is 0. The number of methoxy groups -OCH3 is 1. The van der Waals surface area contributed by atoms with E-state index in [1.165, 1.54) is 19.2 Å². The third-order valence-corrected chi connectivity index (χ3v) is 3.54. The number of benzene rings is 1. The van der Waals surface area contributed by atoms with Crippen molar-refractivity contribution in [1.29, 1.82) is 0 Å². The molecular formula is C14H16FNO4. The molecule has 0 aromatic heterocycles. The fraction of sp³-hybridized carbons (Fsp3) is 0.429. The van der Waals surface area contributed by atoms with Gasteiger partial charge in [0, 0.05) is 12.1 Å². The molecule has 2 N–H and O–H groups in total. The number of carboxylic acids is 1. The number of hydrogen-bond acceptors (Lipinski definition) is 3. The first kappa shape index (κ1) is 14.3. The fourth-order valence-corrected chi connectivity index (χ4v) is 2.41. The number of hydrogen-bond donors (Lipinski definition) is 2. The molecule has 0 spiro atoms. The maximum atomic E-state index is 13.7. The summed E-state index contributed by atoms with van der Waals surface area (Å²) in [6, 6.07) is 3.79. The predicted octanol–water partition coefficient (Wildman–Crippen LogP) is 1.82. The van der Waals surface area contributed by atoms with Crippen molar-refractivity contribution in [1.82, 2.24) is 5.32 Å². The van der Waals surface area contributed by atoms with Crippen LogP contribution < -0.4 is 10.1 Å². The van der Waals surface area contributed by atoms with Gasteiger partial charge >= 0.3 is 5.97 Å². The molecule has 2 atom stereocenters. The smallest absolute Gasteiger partial charge is 0.306 e. The maximum Gasteiger partial charge on any atom is 0.306 e. The van der Waals surface area contributed by atoms with Gasteiger partial charge in [0.2, 0.25) is 0 Å². The highest BCUT2D eigenvalue weighted by Crippen LogP contribution is 2.26. The van der Waals surface area contributed by atoms with E-state index >= 15 is 0 Å². The van der Waals surface area contributed by atoms with Crippen molar-refractivity contribution in [3.05, 3.63) is 29.6 Å². The number of nitrogens with one attached hydrogen (secondary N) is 1. The van der Waals surface area contributed by atoms with Crippen LogP contribution in [0.1, 0.15) is 29.6 Å². The Bertz CT molecular complexity index is 532. The molecule has 20 heavy (non-hydrogen) atoms. The second-order valence-electron chi connectivity index (χ2n) is 4.86. The van der Waals surface area contributed by atoms with E-state index in [2.05, 4.69) is 5.32 Å². The topological polar surface area (TPSA) is 75.6 Å². The molecule has 2 rings (SSSR count). The molecule has 6 heteroatoms. The summed E-state index contributed by atoms with van der Waals surface area (Å²) in [5, 5.41) is 11.6. The molecule has 1 saturated carbocycles. The molecule has 0 saturated heterocycles. The Hall–Kier alpha value is -2.11. The van der Waals surface area contributed by atoms with Crippen LogP contribution in [0.2, 0.25) is 0 Å². The van der Waals surface area contributed by atoms with E-state index in [1.807, 2.05) is 0 Å². The second kappa shape index (κ2) is 5.90. The monoisotopic (exact) mass is 281 g/mol. The third kappa shape index (κ3) is 3.07. The first-order valence-electron chi connectivity index (χ1n) is 6.38. The zero-order chi connectivity index (χ0) is 14.7. The van der Waals surface area contributed by atoms with E-state index < -0.39 is 23.6 Å². The number of rotatable bonds is 4. The van der Waals surface area contributed by atoms with Crippen LogP contribution in [-0.4, -0.2) is 30.1 Å². The van der Waals surface area contributed by atoms with E-state index in [4.69, 9.17) is 9.84 Å². The van der Waals surface area contributed by atoms with E-state index in [9.17, 15) is 14.0 Å². The summed E-state index contributed by atoms with van der Waals surface area (Å²) in [4.78, 5) is 22.8. The SMILES string of the molecule is COc1ccc(C(=O)N[C@H]2CC[C@@H](C(=O)O)C2)c(F)c1. The average molecular weight is 281 g/mol. The van der Waals surface area contributed by atoms with Gasteiger partial charge in [0.1, 0.15) is 11.6 Å². The van der Waals surface area contributed by atoms with Crippen LogP contribution in [-0.2, 0) is 4.79 Å². The van der Waals surface area contributed by atoms with Gasteiger partial charge in [-0.3, -0.25) is 9.59 Å². The van der Waals surface area contributed by atoms with Gasteiger partial charge in [-0.2, -0.15) is 0 Å². The Morgan fingerprint density at radius 1 is 1.40 bits per heavy atom. The molecule has 0 heterocycles. The minimum absolute atomic E-state index is 0.0652. The van der Waals surface area contributed by atoms with Gasteiger partial charge < -0.3 is 15.2 Å². The number of aliphatic carboxylic acids is 1. The summed E-state index contributed by atoms with van der Waals surface area (Å²) < 4.78 is 18.6. The normalized spacial score (nSPS) is 21.5. The zero-order valence-corrected chi connectivity index (χ0v) is 11.1. The Morgan fingerprint density at radius 2 is 2.15 bits per heavy atom. The largest absolute Gasteiger partial charge is 0.497 e. The molecule has 1 amide bonds. The van der Waals surface area contributed by atoms with Crippen LogP contribution >= 0.6 is 0 Å². The molecule has 1 fully saturated rings. The van der Waals surface area contributed by atoms with Crippen molar-refractivity contribution in [2.75, 3.05) is 7.11 Å². The summed E-state index contributed by atoms with van der Waals surface area (Å²) in [6.07, 6.45) is 1.52. The lowest BCUT2D eigenvalue weighted by atomic mass is 10.1. The molecule has 1 aromatic carbocycles. The highest BCUT2D eigenvalue weighted by Gasteiger charge is 2.31. The lowest BCUT2D eigenvalue weighted by molar-refractivity contribution is -0.141. The van der Waals surface area contributed by atoms with Crippen molar-refractivity contribution >= 4 is 11.9 Å². The number of ether oxygens (including phenoxy) is 1. The van der Waals surface area contributed by atoms with E-state index in [0.29, 0.717) is 25.0 Å². The minimum atomic E-state index is -0.850. The molecular weight excluding hydrogens is 265 g/mol. The summed E-state index contributed by atoms with van der Waals surface area (Å²) in [7, 11) is 1.42. The maximum absolute atomic E-state index is 13.7. The Labute approximate surface area is 115 Å². The van der Waals surface area contributed by atoms with Gasteiger partial charge in [-0.25, -0.2) is 4.39 Å². The van der Waals surface area contributed by atoms with E-state index in [-0.39, 0.29) is 11.6 Å². The highest BCUT2D eigenvalue weighted by molar-refractivity contribution is 5.94. The van der Waals surface area contributed by atoms with Crippen molar-refractivity contribution in [2.24, 2.45) is 5.92 Å². The average Bonchev–Trinajstić information content (AvgIpc) is 2.87. The molecule has 5 nitrogen and oxygen atoms in total. The van der Waals surface area contributed by atoms with Crippen LogP contribution in [0.5, 0.6) is 5.75 Å². The Balaban J connectivity index is 2.01. The van der Waals surface area contributed by atoms with Crippen molar-refractivity contribution in [2.45, 2.75) is 25.3 Å². The standard InChI is InChI=1S/C14H16FNO4/c1-20-10-4-5-11(12(15)7-10)13(17)16-9-3-2-8(6-9)14(18)19/h4-5,7-9H,2-3,6H2,1H3,(H,16,17)(H,18,19)/t8-,9+/m1/s1. The Kier molecular flexibility index (Phi) is 4.22. The number of amides is 1. The van der Waals surface area contributed by atoms with Gasteiger partial charge in [0.05, 0.1) is 18.6 Å². The van der Waals surface area contributed by atoms with Gasteiger partial charge in [-0.1, -0.05) is 0 Å². The quantitative estimate of drug-likeness (QED) is 0.882. The molecule has 0 unspecified atom stereocenters. The molecule has 1 aliphatic carbocycles. The van der Waals surface area contributed by atoms with Crippen molar-refractivity contribution in [3.8, 4) is 5.75 Å². The van der Waals surface area contributed by atoms with Crippen molar-refractivity contribution < 1.29 is 23.8 Å². The van der Waals surface area contributed by atoms with Crippen LogP contribution in [0.15, 0.2) is 18.2 Å². The lowest BCUT2D eigenvalue weighted by Gasteiger charge is -2.13. The highest BCUT2D eigenvalue weighted by atomic mass is 19.1. The Morgan fingerprint density at radius 3 is 2.70 bits per heavy atom. The van der Waals surface area contributed by atoms with E-state index in [0.717, 1.165) is 6.07 Å². The van der Waals surface area contributed by atoms with E-state index in [1.54, 1.807) is 0 Å². The molecule has 0 bridgehead atoms. The van der Waals surface area contributed by atoms with Crippen LogP contribution in [0.3, 0.4) is 0 Å². The van der Waals surface area contributed by atoms with Gasteiger partial charge in [0.25, 0.3) is 5.91 Å². The number of carbonyl (C=O) groups excluding carboxylic acids is 1.